The second-order valence-electron chi connectivity index (χ2n) is 2.89. The summed E-state index contributed by atoms with van der Waals surface area (Å²) in [7, 11) is 0. The fourth-order valence-electron chi connectivity index (χ4n) is 1.09. The minimum absolute atomic E-state index is 0.0490. The number of nitrogens with zero attached hydrogens (tertiary/aromatic N) is 1. The maximum Gasteiger partial charge on any atom is 0.281 e. The summed E-state index contributed by atoms with van der Waals surface area (Å²) in [5.41, 5.74) is 0.322. The van der Waals surface area contributed by atoms with Crippen LogP contribution in [-0.2, 0) is 0 Å². The van der Waals surface area contributed by atoms with Gasteiger partial charge in [-0.1, -0.05) is 11.8 Å². The Morgan fingerprint density at radius 2 is 2.25 bits per heavy atom. The number of alkyl halides is 1. The van der Waals surface area contributed by atoms with Gasteiger partial charge in [-0.2, -0.15) is 0 Å². The van der Waals surface area contributed by atoms with Crippen molar-refractivity contribution in [3.63, 3.8) is 0 Å². The van der Waals surface area contributed by atoms with Crippen LogP contribution in [0, 0.1) is 22.0 Å². The molecule has 0 saturated carbocycles. The van der Waals surface area contributed by atoms with E-state index in [4.69, 9.17) is 11.6 Å². The predicted molar refractivity (Wildman–Crippen MR) is 60.7 cm³/mol. The molecule has 0 unspecified atom stereocenters. The van der Waals surface area contributed by atoms with Crippen molar-refractivity contribution in [1.82, 2.24) is 0 Å². The lowest BCUT2D eigenvalue weighted by molar-refractivity contribution is -0.385. The first-order chi connectivity index (χ1) is 7.69. The average Bonchev–Trinajstić information content (AvgIpc) is 2.29. The highest BCUT2D eigenvalue weighted by atomic mass is 35.5. The molecular weight excluding hydrogens is 230 g/mol. The molecule has 1 aromatic carbocycles. The van der Waals surface area contributed by atoms with Crippen molar-refractivity contribution in [3.8, 4) is 11.8 Å². The van der Waals surface area contributed by atoms with E-state index in [1.165, 1.54) is 12.1 Å². The lowest BCUT2D eigenvalue weighted by Crippen LogP contribution is -1.94. The highest BCUT2D eigenvalue weighted by Crippen LogP contribution is 2.18. The van der Waals surface area contributed by atoms with Gasteiger partial charge in [0.05, 0.1) is 10.5 Å². The topological polar surface area (TPSA) is 60.2 Å². The largest absolute Gasteiger partial charge is 0.298 e. The van der Waals surface area contributed by atoms with Crippen molar-refractivity contribution in [2.24, 2.45) is 0 Å². The van der Waals surface area contributed by atoms with Crippen LogP contribution in [0.5, 0.6) is 0 Å². The second kappa shape index (κ2) is 5.89. The Bertz CT molecular complexity index is 474. The maximum atomic E-state index is 10.6. The first-order valence-corrected chi connectivity index (χ1v) is 5.01. The molecule has 16 heavy (non-hydrogen) atoms. The number of hydrogen-bond donors (Lipinski definition) is 0. The van der Waals surface area contributed by atoms with Crippen LogP contribution >= 0.6 is 11.6 Å². The maximum absolute atomic E-state index is 10.6. The summed E-state index contributed by atoms with van der Waals surface area (Å²) < 4.78 is 0. The van der Waals surface area contributed by atoms with Gasteiger partial charge >= 0.3 is 0 Å². The Hall–Kier alpha value is -1.86. The number of nitro groups is 1. The number of aldehydes is 1. The summed E-state index contributed by atoms with van der Waals surface area (Å²) in [6, 6.07) is 4.23. The number of hydrogen-bond acceptors (Lipinski definition) is 3. The third kappa shape index (κ3) is 3.07. The van der Waals surface area contributed by atoms with E-state index in [2.05, 4.69) is 11.8 Å². The zero-order valence-corrected chi connectivity index (χ0v) is 9.03. The predicted octanol–water partition coefficient (Wildman–Crippen LogP) is 2.39. The number of rotatable bonds is 3. The van der Waals surface area contributed by atoms with Crippen LogP contribution in [0.2, 0.25) is 0 Å². The highest BCUT2D eigenvalue weighted by molar-refractivity contribution is 6.18. The third-order valence-electron chi connectivity index (χ3n) is 1.81. The molecule has 0 heterocycles. The van der Waals surface area contributed by atoms with Crippen molar-refractivity contribution in [2.45, 2.75) is 6.42 Å². The SMILES string of the molecule is O=Cc1ccc(C#CCCCl)cc1[N+](=O)[O-]. The third-order valence-corrected chi connectivity index (χ3v) is 2.00. The van der Waals surface area contributed by atoms with Crippen molar-refractivity contribution in [2.75, 3.05) is 5.88 Å². The summed E-state index contributed by atoms with van der Waals surface area (Å²) in [5.74, 6) is 5.92. The van der Waals surface area contributed by atoms with Gasteiger partial charge in [0.25, 0.3) is 5.69 Å². The van der Waals surface area contributed by atoms with E-state index < -0.39 is 4.92 Å². The van der Waals surface area contributed by atoms with Crippen LogP contribution < -0.4 is 0 Å². The number of halogens is 1. The van der Waals surface area contributed by atoms with Crippen LogP contribution in [-0.4, -0.2) is 17.1 Å². The summed E-state index contributed by atoms with van der Waals surface area (Å²) in [6.45, 7) is 0. The van der Waals surface area contributed by atoms with Gasteiger partial charge in [-0.25, -0.2) is 0 Å². The molecule has 0 radical (unpaired) electrons. The summed E-state index contributed by atoms with van der Waals surface area (Å²) in [5, 5.41) is 10.6. The minimum Gasteiger partial charge on any atom is -0.298 e. The highest BCUT2D eigenvalue weighted by Gasteiger charge is 2.12. The zero-order chi connectivity index (χ0) is 12.0. The van der Waals surface area contributed by atoms with Crippen LogP contribution in [0.4, 0.5) is 5.69 Å². The molecule has 0 fully saturated rings. The van der Waals surface area contributed by atoms with Gasteiger partial charge in [0, 0.05) is 23.9 Å². The molecule has 0 aliphatic rings. The molecule has 4 nitrogen and oxygen atoms in total. The fraction of sp³-hybridized carbons (Fsp3) is 0.182. The number of benzene rings is 1. The quantitative estimate of drug-likeness (QED) is 0.267. The minimum atomic E-state index is -0.601. The van der Waals surface area contributed by atoms with Crippen molar-refractivity contribution < 1.29 is 9.72 Å². The smallest absolute Gasteiger partial charge is 0.281 e. The van der Waals surface area contributed by atoms with E-state index in [-0.39, 0.29) is 11.3 Å². The molecule has 0 aliphatic carbocycles. The Morgan fingerprint density at radius 3 is 2.81 bits per heavy atom. The summed E-state index contributed by atoms with van der Waals surface area (Å²) in [4.78, 5) is 20.6. The monoisotopic (exact) mass is 237 g/mol. The van der Waals surface area contributed by atoms with Crippen LogP contribution in [0.3, 0.4) is 0 Å². The molecule has 0 aromatic heterocycles. The first kappa shape index (κ1) is 12.2. The van der Waals surface area contributed by atoms with E-state index in [1.54, 1.807) is 6.07 Å². The van der Waals surface area contributed by atoms with Crippen molar-refractivity contribution >= 4 is 23.6 Å². The van der Waals surface area contributed by atoms with Gasteiger partial charge in [-0.15, -0.1) is 11.6 Å². The molecule has 0 aliphatic heterocycles. The number of carbonyl (C=O) groups is 1. The average molecular weight is 238 g/mol. The van der Waals surface area contributed by atoms with Gasteiger partial charge in [0.15, 0.2) is 6.29 Å². The van der Waals surface area contributed by atoms with E-state index in [9.17, 15) is 14.9 Å². The van der Waals surface area contributed by atoms with Gasteiger partial charge in [-0.05, 0) is 12.1 Å². The lowest BCUT2D eigenvalue weighted by Gasteiger charge is -1.96. The molecule has 0 bridgehead atoms. The van der Waals surface area contributed by atoms with E-state index >= 15 is 0 Å². The molecule has 1 rings (SSSR count). The first-order valence-electron chi connectivity index (χ1n) is 4.47. The second-order valence-corrected chi connectivity index (χ2v) is 3.27. The van der Waals surface area contributed by atoms with Crippen LogP contribution in [0.25, 0.3) is 0 Å². The standard InChI is InChI=1S/C11H8ClNO3/c12-6-2-1-3-9-4-5-10(8-14)11(7-9)13(15)16/h4-5,7-8H,2,6H2. The summed E-state index contributed by atoms with van der Waals surface area (Å²) in [6.07, 6.45) is 0.971. The molecular formula is C11H8ClNO3. The molecule has 1 aromatic rings. The van der Waals surface area contributed by atoms with Gasteiger partial charge in [0.2, 0.25) is 0 Å². The normalized spacial score (nSPS) is 9.06. The van der Waals surface area contributed by atoms with E-state index in [0.717, 1.165) is 0 Å². The molecule has 0 N–H and O–H groups in total. The van der Waals surface area contributed by atoms with E-state index in [0.29, 0.717) is 24.2 Å². The Labute approximate surface area is 97.4 Å². The molecule has 0 atom stereocenters. The van der Waals surface area contributed by atoms with Gasteiger partial charge in [-0.3, -0.25) is 14.9 Å². The molecule has 82 valence electrons. The Morgan fingerprint density at radius 1 is 1.50 bits per heavy atom. The Balaban J connectivity index is 3.08. The van der Waals surface area contributed by atoms with Crippen LogP contribution in [0.1, 0.15) is 22.3 Å². The van der Waals surface area contributed by atoms with E-state index in [1.807, 2.05) is 0 Å². The number of nitro benzene ring substituents is 1. The van der Waals surface area contributed by atoms with Gasteiger partial charge < -0.3 is 0 Å². The fourth-order valence-corrected chi connectivity index (χ4v) is 1.19. The zero-order valence-electron chi connectivity index (χ0n) is 8.27. The summed E-state index contributed by atoms with van der Waals surface area (Å²) >= 11 is 5.44. The Kier molecular flexibility index (Phi) is 4.49. The van der Waals surface area contributed by atoms with Crippen molar-refractivity contribution in [1.29, 1.82) is 0 Å². The molecule has 0 amide bonds. The van der Waals surface area contributed by atoms with Gasteiger partial charge in [0.1, 0.15) is 0 Å². The molecule has 0 saturated heterocycles. The molecule has 5 heteroatoms. The molecule has 0 spiro atoms. The van der Waals surface area contributed by atoms with Crippen molar-refractivity contribution in [3.05, 3.63) is 39.4 Å². The van der Waals surface area contributed by atoms with Crippen LogP contribution in [0.15, 0.2) is 18.2 Å². The lowest BCUT2D eigenvalue weighted by atomic mass is 10.1. The number of carbonyl (C=O) groups excluding carboxylic acids is 1.